The summed E-state index contributed by atoms with van der Waals surface area (Å²) in [6.07, 6.45) is 2.38. The van der Waals surface area contributed by atoms with E-state index in [0.29, 0.717) is 5.92 Å². The third-order valence-electron chi connectivity index (χ3n) is 3.81. The number of carbonyl (C=O) groups is 1. The van der Waals surface area contributed by atoms with Crippen molar-refractivity contribution in [3.8, 4) is 0 Å². The zero-order valence-electron chi connectivity index (χ0n) is 10.4. The number of nitrogens with one attached hydrogen (secondary N) is 2. The van der Waals surface area contributed by atoms with E-state index in [9.17, 15) is 4.79 Å². The molecule has 0 bridgehead atoms. The van der Waals surface area contributed by atoms with Crippen LogP contribution < -0.4 is 10.6 Å². The number of amides is 2. The molecule has 2 saturated heterocycles. The second-order valence-corrected chi connectivity index (χ2v) is 6.10. The molecule has 0 saturated carbocycles. The number of piperidine rings is 1. The van der Waals surface area contributed by atoms with Gasteiger partial charge in [0.25, 0.3) is 0 Å². The van der Waals surface area contributed by atoms with Gasteiger partial charge in [-0.2, -0.15) is 0 Å². The summed E-state index contributed by atoms with van der Waals surface area (Å²) in [5.74, 6) is 0.666. The van der Waals surface area contributed by atoms with E-state index in [-0.39, 0.29) is 12.1 Å². The van der Waals surface area contributed by atoms with Crippen LogP contribution in [-0.2, 0) is 0 Å². The van der Waals surface area contributed by atoms with E-state index in [1.54, 1.807) is 11.3 Å². The average Bonchev–Trinajstić information content (AvgIpc) is 3.01. The van der Waals surface area contributed by atoms with Crippen molar-refractivity contribution >= 4 is 17.4 Å². The highest BCUT2D eigenvalue weighted by molar-refractivity contribution is 7.10. The standard InChI is InChI=1S/C13H19N3OS/c17-13-15-11(12-2-1-7-18-12)9-16(13)8-10-3-5-14-6-4-10/h1-2,7,10-11,14H,3-6,8-9H2,(H,15,17). The number of nitrogens with zero attached hydrogens (tertiary/aromatic N) is 1. The molecule has 0 aromatic carbocycles. The maximum atomic E-state index is 12.0. The van der Waals surface area contributed by atoms with E-state index in [0.717, 1.165) is 26.2 Å². The van der Waals surface area contributed by atoms with E-state index < -0.39 is 0 Å². The van der Waals surface area contributed by atoms with Crippen molar-refractivity contribution in [2.45, 2.75) is 18.9 Å². The highest BCUT2D eigenvalue weighted by Gasteiger charge is 2.31. The quantitative estimate of drug-likeness (QED) is 0.875. The van der Waals surface area contributed by atoms with Gasteiger partial charge in [-0.25, -0.2) is 4.79 Å². The van der Waals surface area contributed by atoms with E-state index in [1.807, 2.05) is 11.0 Å². The van der Waals surface area contributed by atoms with Gasteiger partial charge in [0, 0.05) is 18.0 Å². The lowest BCUT2D eigenvalue weighted by molar-refractivity contribution is 0.201. The smallest absolute Gasteiger partial charge is 0.318 e. The Hall–Kier alpha value is -1.07. The van der Waals surface area contributed by atoms with Crippen molar-refractivity contribution in [1.29, 1.82) is 0 Å². The van der Waals surface area contributed by atoms with Gasteiger partial charge in [0.1, 0.15) is 0 Å². The lowest BCUT2D eigenvalue weighted by atomic mass is 9.97. The Morgan fingerprint density at radius 3 is 2.94 bits per heavy atom. The lowest BCUT2D eigenvalue weighted by Gasteiger charge is -2.26. The molecule has 5 heteroatoms. The van der Waals surface area contributed by atoms with Crippen LogP contribution in [0.2, 0.25) is 0 Å². The lowest BCUT2D eigenvalue weighted by Crippen LogP contribution is -2.37. The Morgan fingerprint density at radius 1 is 1.39 bits per heavy atom. The number of carbonyl (C=O) groups excluding carboxylic acids is 1. The molecule has 2 amide bonds. The first-order valence-corrected chi connectivity index (χ1v) is 7.50. The van der Waals surface area contributed by atoms with Gasteiger partial charge in [-0.1, -0.05) is 6.07 Å². The van der Waals surface area contributed by atoms with Crippen molar-refractivity contribution in [1.82, 2.24) is 15.5 Å². The number of rotatable bonds is 3. The summed E-state index contributed by atoms with van der Waals surface area (Å²) >= 11 is 1.72. The van der Waals surface area contributed by atoms with Crippen LogP contribution in [0.5, 0.6) is 0 Å². The molecular weight excluding hydrogens is 246 g/mol. The summed E-state index contributed by atoms with van der Waals surface area (Å²) in [6.45, 7) is 3.92. The first-order chi connectivity index (χ1) is 8.83. The minimum absolute atomic E-state index is 0.104. The van der Waals surface area contributed by atoms with Crippen LogP contribution in [0.4, 0.5) is 4.79 Å². The van der Waals surface area contributed by atoms with Crippen LogP contribution in [0.1, 0.15) is 23.8 Å². The van der Waals surface area contributed by atoms with Gasteiger partial charge in [-0.3, -0.25) is 0 Å². The van der Waals surface area contributed by atoms with Crippen molar-refractivity contribution in [2.24, 2.45) is 5.92 Å². The zero-order chi connectivity index (χ0) is 12.4. The minimum atomic E-state index is 0.104. The van der Waals surface area contributed by atoms with Crippen LogP contribution in [0, 0.1) is 5.92 Å². The summed E-state index contributed by atoms with van der Waals surface area (Å²) in [7, 11) is 0. The molecule has 98 valence electrons. The molecular formula is C13H19N3OS. The molecule has 0 spiro atoms. The van der Waals surface area contributed by atoms with Gasteiger partial charge in [0.05, 0.1) is 6.04 Å². The number of urea groups is 1. The largest absolute Gasteiger partial charge is 0.329 e. The Morgan fingerprint density at radius 2 is 2.22 bits per heavy atom. The molecule has 0 radical (unpaired) electrons. The van der Waals surface area contributed by atoms with Crippen molar-refractivity contribution in [2.75, 3.05) is 26.2 Å². The Balaban J connectivity index is 1.58. The molecule has 1 aromatic heterocycles. The van der Waals surface area contributed by atoms with Crippen LogP contribution in [0.3, 0.4) is 0 Å². The summed E-state index contributed by atoms with van der Waals surface area (Å²) in [4.78, 5) is 15.2. The fraction of sp³-hybridized carbons (Fsp3) is 0.615. The predicted octanol–water partition coefficient (Wildman–Crippen LogP) is 1.81. The maximum Gasteiger partial charge on any atom is 0.318 e. The van der Waals surface area contributed by atoms with Gasteiger partial charge >= 0.3 is 6.03 Å². The summed E-state index contributed by atoms with van der Waals surface area (Å²) in [5, 5.41) is 8.51. The van der Waals surface area contributed by atoms with Crippen LogP contribution in [-0.4, -0.2) is 37.1 Å². The van der Waals surface area contributed by atoms with Crippen molar-refractivity contribution < 1.29 is 4.79 Å². The second kappa shape index (κ2) is 5.28. The van der Waals surface area contributed by atoms with Gasteiger partial charge in [0.2, 0.25) is 0 Å². The monoisotopic (exact) mass is 265 g/mol. The number of thiophene rings is 1. The molecule has 2 fully saturated rings. The molecule has 2 aliphatic rings. The number of hydrogen-bond acceptors (Lipinski definition) is 3. The predicted molar refractivity (Wildman–Crippen MR) is 72.8 cm³/mol. The molecule has 2 aliphatic heterocycles. The van der Waals surface area contributed by atoms with Crippen LogP contribution in [0.15, 0.2) is 17.5 Å². The fourth-order valence-electron chi connectivity index (χ4n) is 2.77. The normalized spacial score (nSPS) is 25.4. The molecule has 2 N–H and O–H groups in total. The topological polar surface area (TPSA) is 44.4 Å². The van der Waals surface area contributed by atoms with E-state index in [1.165, 1.54) is 17.7 Å². The molecule has 1 aromatic rings. The zero-order valence-corrected chi connectivity index (χ0v) is 11.2. The van der Waals surface area contributed by atoms with Crippen LogP contribution in [0.25, 0.3) is 0 Å². The fourth-order valence-corrected chi connectivity index (χ4v) is 3.54. The molecule has 1 unspecified atom stereocenters. The van der Waals surface area contributed by atoms with E-state index >= 15 is 0 Å². The molecule has 3 rings (SSSR count). The first-order valence-electron chi connectivity index (χ1n) is 6.62. The molecule has 1 atom stereocenters. The average molecular weight is 265 g/mol. The highest BCUT2D eigenvalue weighted by atomic mass is 32.1. The van der Waals surface area contributed by atoms with Gasteiger partial charge in [-0.05, 0) is 43.3 Å². The first kappa shape index (κ1) is 12.0. The van der Waals surface area contributed by atoms with E-state index in [2.05, 4.69) is 22.1 Å². The SMILES string of the molecule is O=C1NC(c2cccs2)CN1CC1CCNCC1. The molecule has 18 heavy (non-hydrogen) atoms. The second-order valence-electron chi connectivity index (χ2n) is 5.12. The Kier molecular flexibility index (Phi) is 3.52. The van der Waals surface area contributed by atoms with Gasteiger partial charge in [-0.15, -0.1) is 11.3 Å². The third-order valence-corrected chi connectivity index (χ3v) is 4.80. The van der Waals surface area contributed by atoms with Crippen molar-refractivity contribution in [3.05, 3.63) is 22.4 Å². The summed E-state index contributed by atoms with van der Waals surface area (Å²) < 4.78 is 0. The van der Waals surface area contributed by atoms with Crippen molar-refractivity contribution in [3.63, 3.8) is 0 Å². The van der Waals surface area contributed by atoms with Crippen LogP contribution >= 0.6 is 11.3 Å². The summed E-state index contributed by atoms with van der Waals surface area (Å²) in [6, 6.07) is 4.44. The Labute approximate surface area is 111 Å². The molecule has 3 heterocycles. The summed E-state index contributed by atoms with van der Waals surface area (Å²) in [5.41, 5.74) is 0. The van der Waals surface area contributed by atoms with Gasteiger partial charge < -0.3 is 15.5 Å². The third kappa shape index (κ3) is 2.52. The van der Waals surface area contributed by atoms with Gasteiger partial charge in [0.15, 0.2) is 0 Å². The number of hydrogen-bond donors (Lipinski definition) is 2. The maximum absolute atomic E-state index is 12.0. The van der Waals surface area contributed by atoms with E-state index in [4.69, 9.17) is 0 Å². The molecule has 4 nitrogen and oxygen atoms in total. The molecule has 0 aliphatic carbocycles. The highest BCUT2D eigenvalue weighted by Crippen LogP contribution is 2.25. The Bertz CT molecular complexity index is 400. The minimum Gasteiger partial charge on any atom is -0.329 e.